The number of hydrogen-bond acceptors (Lipinski definition) is 1. The number of thiophene rings is 1. The highest BCUT2D eigenvalue weighted by Gasteiger charge is 2.19. The molecule has 270 valence electrons. The van der Waals surface area contributed by atoms with Crippen LogP contribution in [0, 0.1) is 0 Å². The number of benzene rings is 9. The molecule has 0 radical (unpaired) electrons. The summed E-state index contributed by atoms with van der Waals surface area (Å²) in [5.41, 5.74) is 13.0. The standard InChI is InChI=1S/C54H33N3S/c1-7-19-47-39(13-1)40-14-2-8-20-48(40)56(47)37-29-35(30-38(32-37)57-49-21-9-3-15-41(49)42-16-4-10-22-50(42)57)34-25-27-52-45(31-34)43-17-5-11-23-51(43)55(52)36-26-28-54-46(33-36)44-18-6-12-24-53(44)58-54/h1-33H. The van der Waals surface area contributed by atoms with E-state index in [2.05, 4.69) is 214 Å². The Labute approximate surface area is 337 Å². The van der Waals surface area contributed by atoms with Crippen molar-refractivity contribution in [3.8, 4) is 28.2 Å². The normalized spacial score (nSPS) is 12.1. The minimum Gasteiger partial charge on any atom is -0.309 e. The topological polar surface area (TPSA) is 14.8 Å². The molecule has 3 nitrogen and oxygen atoms in total. The molecule has 0 saturated heterocycles. The first-order valence-corrected chi connectivity index (χ1v) is 20.7. The largest absolute Gasteiger partial charge is 0.309 e. The van der Waals surface area contributed by atoms with Crippen molar-refractivity contribution in [3.05, 3.63) is 200 Å². The molecule has 13 aromatic rings. The van der Waals surface area contributed by atoms with Crippen LogP contribution in [0.25, 0.3) is 114 Å². The summed E-state index contributed by atoms with van der Waals surface area (Å²) >= 11 is 1.86. The zero-order chi connectivity index (χ0) is 37.9. The van der Waals surface area contributed by atoms with E-state index in [4.69, 9.17) is 0 Å². The Morgan fingerprint density at radius 2 is 0.655 bits per heavy atom. The number of nitrogens with zero attached hydrogens (tertiary/aromatic N) is 3. The van der Waals surface area contributed by atoms with E-state index in [1.165, 1.54) is 102 Å². The Balaban J connectivity index is 1.08. The number of para-hydroxylation sites is 5. The molecular formula is C54H33N3S. The van der Waals surface area contributed by atoms with Crippen LogP contribution in [0.3, 0.4) is 0 Å². The maximum atomic E-state index is 2.44. The minimum atomic E-state index is 1.13. The van der Waals surface area contributed by atoms with E-state index in [1.807, 2.05) is 11.3 Å². The third-order valence-electron chi connectivity index (χ3n) is 12.2. The zero-order valence-corrected chi connectivity index (χ0v) is 32.1. The van der Waals surface area contributed by atoms with Gasteiger partial charge in [0.05, 0.1) is 33.1 Å². The van der Waals surface area contributed by atoms with E-state index < -0.39 is 0 Å². The second-order valence-corrected chi connectivity index (χ2v) is 16.4. The van der Waals surface area contributed by atoms with Gasteiger partial charge in [0.15, 0.2) is 0 Å². The van der Waals surface area contributed by atoms with Gasteiger partial charge < -0.3 is 13.7 Å². The van der Waals surface area contributed by atoms with Crippen molar-refractivity contribution in [2.24, 2.45) is 0 Å². The van der Waals surface area contributed by atoms with Crippen LogP contribution in [0.2, 0.25) is 0 Å². The van der Waals surface area contributed by atoms with Gasteiger partial charge in [0.25, 0.3) is 0 Å². The second-order valence-electron chi connectivity index (χ2n) is 15.3. The van der Waals surface area contributed by atoms with Crippen LogP contribution in [0.15, 0.2) is 200 Å². The highest BCUT2D eigenvalue weighted by atomic mass is 32.1. The molecule has 13 rings (SSSR count). The average molecular weight is 756 g/mol. The van der Waals surface area contributed by atoms with Crippen molar-refractivity contribution in [1.82, 2.24) is 13.7 Å². The lowest BCUT2D eigenvalue weighted by atomic mass is 10.0. The molecular weight excluding hydrogens is 723 g/mol. The van der Waals surface area contributed by atoms with Crippen LogP contribution >= 0.6 is 11.3 Å². The predicted molar refractivity (Wildman–Crippen MR) is 248 cm³/mol. The quantitative estimate of drug-likeness (QED) is 0.170. The van der Waals surface area contributed by atoms with Gasteiger partial charge in [-0.2, -0.15) is 0 Å². The van der Waals surface area contributed by atoms with Crippen molar-refractivity contribution in [3.63, 3.8) is 0 Å². The van der Waals surface area contributed by atoms with Gasteiger partial charge in [-0.25, -0.2) is 0 Å². The lowest BCUT2D eigenvalue weighted by Crippen LogP contribution is -2.00. The van der Waals surface area contributed by atoms with Crippen LogP contribution in [0.1, 0.15) is 0 Å². The summed E-state index contributed by atoms with van der Waals surface area (Å²) in [5.74, 6) is 0. The molecule has 0 saturated carbocycles. The smallest absolute Gasteiger partial charge is 0.0541 e. The lowest BCUT2D eigenvalue weighted by molar-refractivity contribution is 1.13. The predicted octanol–water partition coefficient (Wildman–Crippen LogP) is 15.0. The fourth-order valence-corrected chi connectivity index (χ4v) is 10.8. The third-order valence-corrected chi connectivity index (χ3v) is 13.4. The van der Waals surface area contributed by atoms with E-state index in [1.54, 1.807) is 0 Å². The maximum absolute atomic E-state index is 2.44. The molecule has 9 aromatic carbocycles. The molecule has 4 heterocycles. The summed E-state index contributed by atoms with van der Waals surface area (Å²) < 4.78 is 9.97. The molecule has 0 aliphatic rings. The molecule has 0 unspecified atom stereocenters. The molecule has 0 bridgehead atoms. The molecule has 0 fully saturated rings. The summed E-state index contributed by atoms with van der Waals surface area (Å²) in [6.45, 7) is 0. The Bertz CT molecular complexity index is 3580. The Morgan fingerprint density at radius 1 is 0.241 bits per heavy atom. The summed E-state index contributed by atoms with van der Waals surface area (Å²) in [4.78, 5) is 0. The summed E-state index contributed by atoms with van der Waals surface area (Å²) in [6.07, 6.45) is 0. The van der Waals surface area contributed by atoms with Gasteiger partial charge in [-0.3, -0.25) is 0 Å². The first-order valence-electron chi connectivity index (χ1n) is 19.8. The van der Waals surface area contributed by atoms with Gasteiger partial charge in [0, 0.05) is 69.6 Å². The van der Waals surface area contributed by atoms with Crippen LogP contribution < -0.4 is 0 Å². The second kappa shape index (κ2) is 12.1. The molecule has 0 aliphatic carbocycles. The van der Waals surface area contributed by atoms with E-state index in [0.717, 1.165) is 11.4 Å². The molecule has 4 aromatic heterocycles. The Hall–Kier alpha value is -7.40. The fourth-order valence-electron chi connectivity index (χ4n) is 9.71. The first-order chi connectivity index (χ1) is 28.8. The molecule has 0 aliphatic heterocycles. The van der Waals surface area contributed by atoms with Gasteiger partial charge in [-0.15, -0.1) is 11.3 Å². The molecule has 0 atom stereocenters. The van der Waals surface area contributed by atoms with Gasteiger partial charge in [0.1, 0.15) is 0 Å². The van der Waals surface area contributed by atoms with E-state index >= 15 is 0 Å². The highest BCUT2D eigenvalue weighted by Crippen LogP contribution is 2.41. The number of aromatic nitrogens is 3. The number of hydrogen-bond donors (Lipinski definition) is 0. The Kier molecular flexibility index (Phi) is 6.60. The fraction of sp³-hybridized carbons (Fsp3) is 0. The summed E-state index contributed by atoms with van der Waals surface area (Å²) in [5, 5.41) is 10.1. The highest BCUT2D eigenvalue weighted by molar-refractivity contribution is 7.25. The van der Waals surface area contributed by atoms with Crippen molar-refractivity contribution in [2.45, 2.75) is 0 Å². The van der Waals surface area contributed by atoms with Gasteiger partial charge in [0.2, 0.25) is 0 Å². The lowest BCUT2D eigenvalue weighted by Gasteiger charge is -2.16. The van der Waals surface area contributed by atoms with Crippen molar-refractivity contribution < 1.29 is 0 Å². The number of rotatable bonds is 4. The van der Waals surface area contributed by atoms with Crippen molar-refractivity contribution in [2.75, 3.05) is 0 Å². The third kappa shape index (κ3) is 4.49. The molecule has 58 heavy (non-hydrogen) atoms. The molecule has 0 amide bonds. The van der Waals surface area contributed by atoms with Gasteiger partial charge in [-0.05, 0) is 96.1 Å². The zero-order valence-electron chi connectivity index (χ0n) is 31.3. The van der Waals surface area contributed by atoms with Crippen LogP contribution in [-0.2, 0) is 0 Å². The van der Waals surface area contributed by atoms with Gasteiger partial charge >= 0.3 is 0 Å². The molecule has 0 spiro atoms. The van der Waals surface area contributed by atoms with Gasteiger partial charge in [-0.1, -0.05) is 115 Å². The SMILES string of the molecule is c1ccc2c(c1)sc1ccc(-n3c4ccccc4c4cc(-c5cc(-n6c7ccccc7c7ccccc76)cc(-n6c7ccccc7c7ccccc76)c5)ccc43)cc12. The van der Waals surface area contributed by atoms with Crippen LogP contribution in [0.5, 0.6) is 0 Å². The van der Waals surface area contributed by atoms with E-state index in [-0.39, 0.29) is 0 Å². The number of fused-ring (bicyclic) bond motifs is 12. The van der Waals surface area contributed by atoms with Crippen molar-refractivity contribution >= 4 is 96.9 Å². The van der Waals surface area contributed by atoms with Crippen LogP contribution in [-0.4, -0.2) is 13.7 Å². The monoisotopic (exact) mass is 755 g/mol. The minimum absolute atomic E-state index is 1.13. The molecule has 0 N–H and O–H groups in total. The first kappa shape index (κ1) is 31.8. The average Bonchev–Trinajstić information content (AvgIpc) is 4.02. The van der Waals surface area contributed by atoms with E-state index in [9.17, 15) is 0 Å². The summed E-state index contributed by atoms with van der Waals surface area (Å²) in [6, 6.07) is 73.9. The van der Waals surface area contributed by atoms with Crippen LogP contribution in [0.4, 0.5) is 0 Å². The van der Waals surface area contributed by atoms with Crippen molar-refractivity contribution in [1.29, 1.82) is 0 Å². The Morgan fingerprint density at radius 3 is 1.19 bits per heavy atom. The molecule has 4 heteroatoms. The van der Waals surface area contributed by atoms with E-state index in [0.29, 0.717) is 0 Å². The maximum Gasteiger partial charge on any atom is 0.0541 e. The summed E-state index contributed by atoms with van der Waals surface area (Å²) in [7, 11) is 0.